The molecule has 7 heteroatoms. The summed E-state index contributed by atoms with van der Waals surface area (Å²) in [4.78, 5) is 2.44. The number of morpholine rings is 1. The van der Waals surface area contributed by atoms with Gasteiger partial charge in [0.05, 0.1) is 13.2 Å². The van der Waals surface area contributed by atoms with E-state index in [0.717, 1.165) is 62.9 Å². The smallest absolute Gasteiger partial charge is 0.0594 e. The van der Waals surface area contributed by atoms with Crippen LogP contribution in [-0.2, 0) is 11.3 Å². The van der Waals surface area contributed by atoms with E-state index in [4.69, 9.17) is 27.9 Å². The molecular formula is C14H22Cl4N2O. The maximum absolute atomic E-state index is 6.12. The van der Waals surface area contributed by atoms with Gasteiger partial charge < -0.3 is 10.1 Å². The average Bonchev–Trinajstić information content (AvgIpc) is 2.42. The number of halogens is 4. The molecule has 0 radical (unpaired) electrons. The molecule has 1 aliphatic heterocycles. The minimum absolute atomic E-state index is 0. The van der Waals surface area contributed by atoms with Crippen molar-refractivity contribution < 1.29 is 4.74 Å². The first-order valence-corrected chi connectivity index (χ1v) is 7.46. The normalized spacial score (nSPS) is 15.1. The van der Waals surface area contributed by atoms with E-state index in [1.165, 1.54) is 0 Å². The van der Waals surface area contributed by atoms with Gasteiger partial charge in [-0.25, -0.2) is 0 Å². The van der Waals surface area contributed by atoms with Gasteiger partial charge >= 0.3 is 0 Å². The van der Waals surface area contributed by atoms with E-state index in [-0.39, 0.29) is 24.8 Å². The van der Waals surface area contributed by atoms with Gasteiger partial charge in [0.15, 0.2) is 0 Å². The summed E-state index contributed by atoms with van der Waals surface area (Å²) in [6.45, 7) is 6.77. The van der Waals surface area contributed by atoms with Crippen molar-refractivity contribution in [2.24, 2.45) is 0 Å². The first kappa shape index (κ1) is 21.3. The second-order valence-corrected chi connectivity index (χ2v) is 5.56. The molecule has 1 aliphatic rings. The van der Waals surface area contributed by atoms with Crippen LogP contribution >= 0.6 is 48.0 Å². The summed E-state index contributed by atoms with van der Waals surface area (Å²) in [5.74, 6) is 0. The van der Waals surface area contributed by atoms with Crippen LogP contribution in [0.25, 0.3) is 0 Å². The molecule has 21 heavy (non-hydrogen) atoms. The molecule has 1 aromatic carbocycles. The maximum atomic E-state index is 6.12. The summed E-state index contributed by atoms with van der Waals surface area (Å²) in [7, 11) is 0. The Balaban J connectivity index is 0.00000200. The highest BCUT2D eigenvalue weighted by atomic mass is 35.5. The van der Waals surface area contributed by atoms with Crippen molar-refractivity contribution in [1.82, 2.24) is 10.2 Å². The fourth-order valence-electron chi connectivity index (χ4n) is 2.14. The fraction of sp³-hybridized carbons (Fsp3) is 0.571. The van der Waals surface area contributed by atoms with Gasteiger partial charge in [0.2, 0.25) is 0 Å². The van der Waals surface area contributed by atoms with E-state index in [0.29, 0.717) is 5.02 Å². The van der Waals surface area contributed by atoms with E-state index in [9.17, 15) is 0 Å². The number of hydrogen-bond acceptors (Lipinski definition) is 3. The third-order valence-electron chi connectivity index (χ3n) is 3.26. The van der Waals surface area contributed by atoms with Crippen LogP contribution in [0.3, 0.4) is 0 Å². The number of nitrogens with one attached hydrogen (secondary N) is 1. The summed E-state index contributed by atoms with van der Waals surface area (Å²) < 4.78 is 5.33. The molecule has 0 amide bonds. The maximum Gasteiger partial charge on any atom is 0.0594 e. The van der Waals surface area contributed by atoms with Gasteiger partial charge in [-0.1, -0.05) is 29.3 Å². The van der Waals surface area contributed by atoms with Crippen LogP contribution in [0.15, 0.2) is 18.2 Å². The quantitative estimate of drug-likeness (QED) is 0.768. The second kappa shape index (κ2) is 11.8. The van der Waals surface area contributed by atoms with Gasteiger partial charge in [-0.3, -0.25) is 4.90 Å². The molecule has 0 aromatic heterocycles. The van der Waals surface area contributed by atoms with Gasteiger partial charge in [-0.05, 0) is 37.2 Å². The number of hydrogen-bond donors (Lipinski definition) is 1. The largest absolute Gasteiger partial charge is 0.379 e. The molecule has 0 bridgehead atoms. The fourth-order valence-corrected chi connectivity index (χ4v) is 2.62. The van der Waals surface area contributed by atoms with Gasteiger partial charge in [0.1, 0.15) is 0 Å². The zero-order chi connectivity index (χ0) is 13.5. The van der Waals surface area contributed by atoms with Crippen molar-refractivity contribution in [2.45, 2.75) is 13.0 Å². The lowest BCUT2D eigenvalue weighted by molar-refractivity contribution is 0.0374. The molecule has 0 unspecified atom stereocenters. The zero-order valence-electron chi connectivity index (χ0n) is 11.8. The van der Waals surface area contributed by atoms with Crippen molar-refractivity contribution in [1.29, 1.82) is 0 Å². The number of nitrogens with zero attached hydrogens (tertiary/aromatic N) is 1. The average molecular weight is 376 g/mol. The van der Waals surface area contributed by atoms with Crippen LogP contribution in [-0.4, -0.2) is 44.3 Å². The zero-order valence-corrected chi connectivity index (χ0v) is 15.0. The second-order valence-electron chi connectivity index (χ2n) is 4.72. The van der Waals surface area contributed by atoms with Crippen molar-refractivity contribution in [3.8, 4) is 0 Å². The van der Waals surface area contributed by atoms with Crippen molar-refractivity contribution in [3.63, 3.8) is 0 Å². The highest BCUT2D eigenvalue weighted by molar-refractivity contribution is 6.35. The number of ether oxygens (including phenoxy) is 1. The highest BCUT2D eigenvalue weighted by Crippen LogP contribution is 2.20. The minimum Gasteiger partial charge on any atom is -0.379 e. The third kappa shape index (κ3) is 7.89. The van der Waals surface area contributed by atoms with E-state index in [2.05, 4.69) is 10.2 Å². The first-order valence-electron chi connectivity index (χ1n) is 6.70. The van der Waals surface area contributed by atoms with Crippen LogP contribution in [0.4, 0.5) is 0 Å². The highest BCUT2D eigenvalue weighted by Gasteiger charge is 2.09. The van der Waals surface area contributed by atoms with Crippen LogP contribution in [0.5, 0.6) is 0 Å². The molecule has 1 heterocycles. The van der Waals surface area contributed by atoms with E-state index >= 15 is 0 Å². The lowest BCUT2D eigenvalue weighted by atomic mass is 10.2. The first-order chi connectivity index (χ1) is 9.25. The van der Waals surface area contributed by atoms with Gasteiger partial charge in [-0.2, -0.15) is 0 Å². The Labute approximate surface area is 149 Å². The summed E-state index contributed by atoms with van der Waals surface area (Å²) in [5, 5.41) is 4.83. The SMILES string of the molecule is Cl.Cl.Clc1ccc(CNCCCN2CCOCC2)c(Cl)c1. The Hall–Kier alpha value is 0.260. The Kier molecular flexibility index (Phi) is 11.9. The lowest BCUT2D eigenvalue weighted by Gasteiger charge is -2.26. The molecule has 3 nitrogen and oxygen atoms in total. The van der Waals surface area contributed by atoms with Crippen molar-refractivity contribution in [3.05, 3.63) is 33.8 Å². The molecule has 0 saturated carbocycles. The Morgan fingerprint density at radius 1 is 1.14 bits per heavy atom. The summed E-state index contributed by atoms with van der Waals surface area (Å²) in [6.07, 6.45) is 1.14. The molecule has 1 fully saturated rings. The Morgan fingerprint density at radius 2 is 1.86 bits per heavy atom. The number of rotatable bonds is 6. The molecule has 0 atom stereocenters. The van der Waals surface area contributed by atoms with Gasteiger partial charge in [0.25, 0.3) is 0 Å². The predicted molar refractivity (Wildman–Crippen MR) is 94.5 cm³/mol. The molecule has 2 rings (SSSR count). The van der Waals surface area contributed by atoms with E-state index in [1.807, 2.05) is 12.1 Å². The van der Waals surface area contributed by atoms with Crippen LogP contribution in [0, 0.1) is 0 Å². The van der Waals surface area contributed by atoms with E-state index in [1.54, 1.807) is 6.07 Å². The van der Waals surface area contributed by atoms with Crippen LogP contribution < -0.4 is 5.32 Å². The number of benzene rings is 1. The van der Waals surface area contributed by atoms with Gasteiger partial charge in [-0.15, -0.1) is 24.8 Å². The molecule has 122 valence electrons. The third-order valence-corrected chi connectivity index (χ3v) is 3.85. The molecule has 1 saturated heterocycles. The van der Waals surface area contributed by atoms with Crippen molar-refractivity contribution >= 4 is 48.0 Å². The Bertz CT molecular complexity index is 401. The van der Waals surface area contributed by atoms with Gasteiger partial charge in [0, 0.05) is 29.7 Å². The standard InChI is InChI=1S/C14H20Cl2N2O.2ClH/c15-13-3-2-12(14(16)10-13)11-17-4-1-5-18-6-8-19-9-7-18;;/h2-3,10,17H,1,4-9,11H2;2*1H. The summed E-state index contributed by atoms with van der Waals surface area (Å²) in [6, 6.07) is 5.63. The molecule has 0 aliphatic carbocycles. The Morgan fingerprint density at radius 3 is 2.52 bits per heavy atom. The molecule has 0 spiro atoms. The monoisotopic (exact) mass is 374 g/mol. The van der Waals surface area contributed by atoms with E-state index < -0.39 is 0 Å². The minimum atomic E-state index is 0. The predicted octanol–water partition coefficient (Wildman–Crippen LogP) is 3.65. The lowest BCUT2D eigenvalue weighted by Crippen LogP contribution is -2.37. The van der Waals surface area contributed by atoms with Crippen LogP contribution in [0.2, 0.25) is 10.0 Å². The topological polar surface area (TPSA) is 24.5 Å². The molecular weight excluding hydrogens is 354 g/mol. The summed E-state index contributed by atoms with van der Waals surface area (Å²) in [5.41, 5.74) is 1.09. The molecule has 1 N–H and O–H groups in total. The summed E-state index contributed by atoms with van der Waals surface area (Å²) >= 11 is 12.0. The molecule has 1 aromatic rings. The van der Waals surface area contributed by atoms with Crippen molar-refractivity contribution in [2.75, 3.05) is 39.4 Å². The van der Waals surface area contributed by atoms with Crippen LogP contribution in [0.1, 0.15) is 12.0 Å².